The van der Waals surface area contributed by atoms with Gasteiger partial charge in [0.15, 0.2) is 0 Å². The lowest BCUT2D eigenvalue weighted by atomic mass is 10.3. The summed E-state index contributed by atoms with van der Waals surface area (Å²) in [6.45, 7) is 7.16. The molecule has 0 radical (unpaired) electrons. The van der Waals surface area contributed by atoms with E-state index < -0.39 is 12.2 Å². The molecule has 0 aromatic heterocycles. The fraction of sp³-hybridized carbons (Fsp3) is 0.250. The molecule has 0 saturated heterocycles. The van der Waals surface area contributed by atoms with E-state index in [1.54, 1.807) is 50.3 Å². The van der Waals surface area contributed by atoms with Crippen LogP contribution in [0.25, 0.3) is 0 Å². The molecule has 0 aliphatic heterocycles. The first-order chi connectivity index (χ1) is 11.4. The molecule has 0 fully saturated rings. The molecule has 0 spiro atoms. The summed E-state index contributed by atoms with van der Waals surface area (Å²) in [5, 5.41) is 5.07. The van der Waals surface area contributed by atoms with Crippen LogP contribution in [0.3, 0.4) is 0 Å². The Bertz CT molecular complexity index is 568. The van der Waals surface area contributed by atoms with Crippen molar-refractivity contribution in [1.82, 2.24) is 11.0 Å². The Morgan fingerprint density at radius 1 is 0.792 bits per heavy atom. The summed E-state index contributed by atoms with van der Waals surface area (Å²) in [6.07, 6.45) is 2.23. The molecule has 4 N–H and O–H groups in total. The number of hydrogen-bond donors (Lipinski definition) is 4. The van der Waals surface area contributed by atoms with Crippen molar-refractivity contribution < 1.29 is 19.3 Å². The average molecular weight is 334 g/mol. The quantitative estimate of drug-likeness (QED) is 0.593. The van der Waals surface area contributed by atoms with Gasteiger partial charge in [-0.2, -0.15) is 0 Å². The molecule has 1 aromatic rings. The third-order valence-electron chi connectivity index (χ3n) is 2.85. The van der Waals surface area contributed by atoms with Crippen LogP contribution in [0.2, 0.25) is 0 Å². The lowest BCUT2D eigenvalue weighted by molar-refractivity contribution is 0.119. The maximum atomic E-state index is 11.5. The van der Waals surface area contributed by atoms with Crippen LogP contribution in [-0.2, 0) is 9.68 Å². The Morgan fingerprint density at radius 3 is 1.42 bits per heavy atom. The minimum Gasteiger partial charge on any atom is -0.324 e. The third-order valence-corrected chi connectivity index (χ3v) is 2.85. The maximum absolute atomic E-state index is 11.5. The summed E-state index contributed by atoms with van der Waals surface area (Å²) in [4.78, 5) is 32.7. The van der Waals surface area contributed by atoms with Gasteiger partial charge in [-0.25, -0.2) is 20.5 Å². The van der Waals surface area contributed by atoms with Crippen LogP contribution in [0, 0.1) is 0 Å². The van der Waals surface area contributed by atoms with Gasteiger partial charge < -0.3 is 9.68 Å². The number of carbonyl (C=O) groups excluding carboxylic acids is 2. The molecule has 8 nitrogen and oxygen atoms in total. The van der Waals surface area contributed by atoms with Gasteiger partial charge in [-0.15, -0.1) is 0 Å². The number of nitrogens with one attached hydrogen (secondary N) is 4. The normalized spacial score (nSPS) is 11.3. The summed E-state index contributed by atoms with van der Waals surface area (Å²) in [5.74, 6) is 0. The van der Waals surface area contributed by atoms with Crippen molar-refractivity contribution in [1.29, 1.82) is 0 Å². The molecule has 2 amide bonds. The smallest absolute Gasteiger partial charge is 0.324 e. The third kappa shape index (κ3) is 7.21. The van der Waals surface area contributed by atoms with E-state index in [0.29, 0.717) is 22.8 Å². The minimum absolute atomic E-state index is 0.515. The lowest BCUT2D eigenvalue weighted by Crippen LogP contribution is -2.23. The highest BCUT2D eigenvalue weighted by Crippen LogP contribution is 2.14. The van der Waals surface area contributed by atoms with Crippen molar-refractivity contribution in [2.75, 3.05) is 10.6 Å². The van der Waals surface area contributed by atoms with Gasteiger partial charge in [-0.05, 0) is 52.0 Å². The highest BCUT2D eigenvalue weighted by atomic mass is 16.7. The zero-order chi connectivity index (χ0) is 17.9. The number of rotatable bonds is 6. The lowest BCUT2D eigenvalue weighted by Gasteiger charge is -2.10. The number of hydroxylamine groups is 2. The summed E-state index contributed by atoms with van der Waals surface area (Å²) >= 11 is 0. The SMILES string of the molecule is CC=C(C)NOC(=O)Nc1ccc(NC(=O)ONC(C)=CC)cc1. The van der Waals surface area contributed by atoms with Crippen molar-refractivity contribution in [3.63, 3.8) is 0 Å². The Morgan fingerprint density at radius 2 is 1.12 bits per heavy atom. The van der Waals surface area contributed by atoms with E-state index in [1.165, 1.54) is 0 Å². The molecule has 24 heavy (non-hydrogen) atoms. The van der Waals surface area contributed by atoms with E-state index in [2.05, 4.69) is 21.6 Å². The number of allylic oxidation sites excluding steroid dienone is 4. The van der Waals surface area contributed by atoms with Crippen LogP contribution in [0.4, 0.5) is 21.0 Å². The Hall–Kier alpha value is -3.16. The monoisotopic (exact) mass is 334 g/mol. The first-order valence-electron chi connectivity index (χ1n) is 7.28. The second-order valence-corrected chi connectivity index (χ2v) is 4.75. The van der Waals surface area contributed by atoms with Gasteiger partial charge in [0.05, 0.1) is 0 Å². The maximum Gasteiger partial charge on any atom is 0.435 e. The molecule has 8 heteroatoms. The molecular formula is C16H22N4O4. The summed E-state index contributed by atoms with van der Waals surface area (Å²) in [6, 6.07) is 6.46. The molecule has 0 heterocycles. The molecule has 0 atom stereocenters. The van der Waals surface area contributed by atoms with E-state index in [0.717, 1.165) is 0 Å². The van der Waals surface area contributed by atoms with Gasteiger partial charge in [-0.1, -0.05) is 12.2 Å². The van der Waals surface area contributed by atoms with Gasteiger partial charge in [-0.3, -0.25) is 10.6 Å². The standard InChI is InChI=1S/C16H22N4O4/c1-5-11(3)19-23-15(21)17-13-7-9-14(10-8-13)18-16(22)24-20-12(4)6-2/h5-10,19-20H,1-4H3,(H,17,21)(H,18,22). The molecule has 0 aliphatic rings. The predicted molar refractivity (Wildman–Crippen MR) is 91.8 cm³/mol. The number of carbonyl (C=O) groups is 2. The van der Waals surface area contributed by atoms with E-state index in [4.69, 9.17) is 9.68 Å². The largest absolute Gasteiger partial charge is 0.435 e. The topological polar surface area (TPSA) is 101 Å². The number of amides is 2. The van der Waals surface area contributed by atoms with Crippen molar-refractivity contribution in [3.05, 3.63) is 47.8 Å². The molecule has 0 aliphatic carbocycles. The van der Waals surface area contributed by atoms with Crippen LogP contribution in [0.15, 0.2) is 47.8 Å². The predicted octanol–water partition coefficient (Wildman–Crippen LogP) is 3.64. The Labute approximate surface area is 140 Å². The van der Waals surface area contributed by atoms with Crippen LogP contribution in [0.5, 0.6) is 0 Å². The molecule has 1 aromatic carbocycles. The van der Waals surface area contributed by atoms with Gasteiger partial charge in [0.25, 0.3) is 0 Å². The fourth-order valence-corrected chi connectivity index (χ4v) is 1.30. The second kappa shape index (κ2) is 9.78. The fourth-order valence-electron chi connectivity index (χ4n) is 1.30. The van der Waals surface area contributed by atoms with Gasteiger partial charge >= 0.3 is 12.2 Å². The second-order valence-electron chi connectivity index (χ2n) is 4.75. The summed E-state index contributed by atoms with van der Waals surface area (Å²) < 4.78 is 0. The van der Waals surface area contributed by atoms with Crippen LogP contribution in [-0.4, -0.2) is 12.2 Å². The first kappa shape index (κ1) is 18.9. The Kier molecular flexibility index (Phi) is 7.69. The van der Waals surface area contributed by atoms with Crippen LogP contribution < -0.4 is 21.6 Å². The molecule has 0 bridgehead atoms. The van der Waals surface area contributed by atoms with Crippen molar-refractivity contribution in [2.45, 2.75) is 27.7 Å². The number of anilines is 2. The molecule has 0 unspecified atom stereocenters. The summed E-state index contributed by atoms with van der Waals surface area (Å²) in [5.41, 5.74) is 7.42. The van der Waals surface area contributed by atoms with Crippen LogP contribution >= 0.6 is 0 Å². The zero-order valence-electron chi connectivity index (χ0n) is 14.1. The molecule has 130 valence electrons. The van der Waals surface area contributed by atoms with Gasteiger partial charge in [0.2, 0.25) is 0 Å². The minimum atomic E-state index is -0.651. The van der Waals surface area contributed by atoms with Crippen molar-refractivity contribution in [2.24, 2.45) is 0 Å². The number of benzene rings is 1. The van der Waals surface area contributed by atoms with Crippen LogP contribution in [0.1, 0.15) is 27.7 Å². The van der Waals surface area contributed by atoms with Gasteiger partial charge in [0.1, 0.15) is 0 Å². The molecule has 0 saturated carbocycles. The molecule has 1 rings (SSSR count). The molecular weight excluding hydrogens is 312 g/mol. The first-order valence-corrected chi connectivity index (χ1v) is 7.28. The Balaban J connectivity index is 2.45. The number of hydrogen-bond acceptors (Lipinski definition) is 6. The summed E-state index contributed by atoms with van der Waals surface area (Å²) in [7, 11) is 0. The van der Waals surface area contributed by atoms with E-state index >= 15 is 0 Å². The zero-order valence-corrected chi connectivity index (χ0v) is 14.1. The highest BCUT2D eigenvalue weighted by molar-refractivity contribution is 5.87. The highest BCUT2D eigenvalue weighted by Gasteiger charge is 2.06. The van der Waals surface area contributed by atoms with E-state index in [1.807, 2.05) is 13.8 Å². The van der Waals surface area contributed by atoms with E-state index in [-0.39, 0.29) is 0 Å². The average Bonchev–Trinajstić information content (AvgIpc) is 2.59. The van der Waals surface area contributed by atoms with Crippen molar-refractivity contribution >= 4 is 23.6 Å². The van der Waals surface area contributed by atoms with Crippen molar-refractivity contribution in [3.8, 4) is 0 Å². The van der Waals surface area contributed by atoms with Gasteiger partial charge in [0, 0.05) is 22.8 Å². The van der Waals surface area contributed by atoms with E-state index in [9.17, 15) is 9.59 Å².